The first-order valence-corrected chi connectivity index (χ1v) is 11.5. The van der Waals surface area contributed by atoms with Gasteiger partial charge in [-0.3, -0.25) is 9.69 Å². The topological polar surface area (TPSA) is 69.7 Å². The molecule has 0 atom stereocenters. The SMILES string of the molecule is O=C(CN1CCN(S(=O)(=O)c2ccc(Cl)cc2)CC1)Nc1cc(Cl)c(Cl)cc1Cl. The van der Waals surface area contributed by atoms with E-state index in [0.29, 0.717) is 28.8 Å². The van der Waals surface area contributed by atoms with Crippen LogP contribution in [0.25, 0.3) is 0 Å². The van der Waals surface area contributed by atoms with E-state index in [-0.39, 0.29) is 40.5 Å². The van der Waals surface area contributed by atoms with E-state index in [1.807, 2.05) is 4.90 Å². The van der Waals surface area contributed by atoms with Crippen molar-refractivity contribution >= 4 is 68.0 Å². The van der Waals surface area contributed by atoms with Gasteiger partial charge in [0.2, 0.25) is 15.9 Å². The Kier molecular flexibility index (Phi) is 7.32. The predicted molar refractivity (Wildman–Crippen MR) is 117 cm³/mol. The number of halogens is 4. The van der Waals surface area contributed by atoms with Crippen molar-refractivity contribution in [2.24, 2.45) is 0 Å². The minimum atomic E-state index is -3.59. The molecule has 2 aromatic carbocycles. The van der Waals surface area contributed by atoms with E-state index in [9.17, 15) is 13.2 Å². The molecule has 1 N–H and O–H groups in total. The fourth-order valence-electron chi connectivity index (χ4n) is 2.89. The van der Waals surface area contributed by atoms with Crippen molar-refractivity contribution in [1.82, 2.24) is 9.21 Å². The van der Waals surface area contributed by atoms with Crippen LogP contribution in [0.15, 0.2) is 41.3 Å². The second kappa shape index (κ2) is 9.39. The number of carbonyl (C=O) groups is 1. The van der Waals surface area contributed by atoms with Gasteiger partial charge in [0.15, 0.2) is 0 Å². The van der Waals surface area contributed by atoms with Crippen molar-refractivity contribution < 1.29 is 13.2 Å². The van der Waals surface area contributed by atoms with Gasteiger partial charge in [0.05, 0.1) is 32.2 Å². The lowest BCUT2D eigenvalue weighted by Crippen LogP contribution is -2.50. The standard InChI is InChI=1S/C18H17Cl4N3O3S/c19-12-1-3-13(4-2-12)29(27,28)25-7-5-24(6-8-25)11-18(26)23-17-10-15(21)14(20)9-16(17)22/h1-4,9-10H,5-8,11H2,(H,23,26). The Hall–Kier alpha value is -1.06. The first kappa shape index (κ1) is 22.6. The van der Waals surface area contributed by atoms with Gasteiger partial charge < -0.3 is 5.32 Å². The van der Waals surface area contributed by atoms with Crippen molar-refractivity contribution in [3.05, 3.63) is 56.5 Å². The molecule has 1 amide bonds. The maximum Gasteiger partial charge on any atom is 0.243 e. The zero-order valence-corrected chi connectivity index (χ0v) is 18.9. The molecule has 0 bridgehead atoms. The zero-order valence-electron chi connectivity index (χ0n) is 15.0. The predicted octanol–water partition coefficient (Wildman–Crippen LogP) is 4.25. The monoisotopic (exact) mass is 495 g/mol. The van der Waals surface area contributed by atoms with E-state index in [0.717, 1.165) is 0 Å². The minimum absolute atomic E-state index is 0.103. The normalized spacial score (nSPS) is 16.0. The second-order valence-electron chi connectivity index (χ2n) is 6.43. The molecule has 156 valence electrons. The van der Waals surface area contributed by atoms with E-state index in [1.165, 1.54) is 28.6 Å². The van der Waals surface area contributed by atoms with Gasteiger partial charge in [-0.05, 0) is 36.4 Å². The van der Waals surface area contributed by atoms with Crippen LogP contribution in [0.4, 0.5) is 5.69 Å². The summed E-state index contributed by atoms with van der Waals surface area (Å²) in [4.78, 5) is 14.4. The Morgan fingerprint density at radius 1 is 0.897 bits per heavy atom. The number of hydrogen-bond acceptors (Lipinski definition) is 4. The number of nitrogens with one attached hydrogen (secondary N) is 1. The van der Waals surface area contributed by atoms with Crippen molar-refractivity contribution in [3.63, 3.8) is 0 Å². The number of carbonyl (C=O) groups excluding carboxylic acids is 1. The number of hydrogen-bond donors (Lipinski definition) is 1. The fourth-order valence-corrected chi connectivity index (χ4v) is 5.04. The molecule has 1 aliphatic heterocycles. The largest absolute Gasteiger partial charge is 0.324 e. The van der Waals surface area contributed by atoms with Crippen LogP contribution in [-0.4, -0.2) is 56.3 Å². The van der Waals surface area contributed by atoms with E-state index < -0.39 is 10.0 Å². The molecule has 1 heterocycles. The lowest BCUT2D eigenvalue weighted by molar-refractivity contribution is -0.117. The highest BCUT2D eigenvalue weighted by molar-refractivity contribution is 7.89. The van der Waals surface area contributed by atoms with Crippen LogP contribution in [0.3, 0.4) is 0 Å². The molecule has 0 unspecified atom stereocenters. The molecule has 0 aromatic heterocycles. The summed E-state index contributed by atoms with van der Waals surface area (Å²) in [6, 6.07) is 9.01. The molecule has 2 aromatic rings. The third-order valence-electron chi connectivity index (χ3n) is 4.43. The highest BCUT2D eigenvalue weighted by Crippen LogP contribution is 2.32. The molecule has 0 spiro atoms. The Balaban J connectivity index is 1.56. The Labute approximate surface area is 189 Å². The molecule has 0 radical (unpaired) electrons. The maximum absolute atomic E-state index is 12.7. The number of anilines is 1. The average molecular weight is 497 g/mol. The van der Waals surface area contributed by atoms with Gasteiger partial charge in [-0.15, -0.1) is 0 Å². The molecule has 1 fully saturated rings. The van der Waals surface area contributed by atoms with Gasteiger partial charge in [0, 0.05) is 31.2 Å². The summed E-state index contributed by atoms with van der Waals surface area (Å²) >= 11 is 23.7. The summed E-state index contributed by atoms with van der Waals surface area (Å²) < 4.78 is 26.8. The lowest BCUT2D eigenvalue weighted by Gasteiger charge is -2.33. The summed E-state index contributed by atoms with van der Waals surface area (Å²) in [6.07, 6.45) is 0. The number of piperazine rings is 1. The second-order valence-corrected chi connectivity index (χ2v) is 10.0. The number of amides is 1. The van der Waals surface area contributed by atoms with Gasteiger partial charge in [0.25, 0.3) is 0 Å². The maximum atomic E-state index is 12.7. The van der Waals surface area contributed by atoms with Crippen LogP contribution in [0.1, 0.15) is 0 Å². The first-order chi connectivity index (χ1) is 13.7. The third-order valence-corrected chi connectivity index (χ3v) is 7.63. The average Bonchev–Trinajstić information content (AvgIpc) is 2.67. The summed E-state index contributed by atoms with van der Waals surface area (Å²) in [5.74, 6) is -0.278. The molecule has 1 aliphatic rings. The van der Waals surface area contributed by atoms with Gasteiger partial charge >= 0.3 is 0 Å². The third kappa shape index (κ3) is 5.55. The van der Waals surface area contributed by atoms with Crippen LogP contribution in [0.5, 0.6) is 0 Å². The summed E-state index contributed by atoms with van der Waals surface area (Å²) in [5, 5.41) is 4.04. The Morgan fingerprint density at radius 2 is 1.48 bits per heavy atom. The van der Waals surface area contributed by atoms with Gasteiger partial charge in [-0.1, -0.05) is 46.4 Å². The van der Waals surface area contributed by atoms with E-state index >= 15 is 0 Å². The van der Waals surface area contributed by atoms with E-state index in [4.69, 9.17) is 46.4 Å². The van der Waals surface area contributed by atoms with Crippen molar-refractivity contribution in [1.29, 1.82) is 0 Å². The molecule has 1 saturated heterocycles. The van der Waals surface area contributed by atoms with Crippen molar-refractivity contribution in [3.8, 4) is 0 Å². The number of sulfonamides is 1. The smallest absolute Gasteiger partial charge is 0.243 e. The minimum Gasteiger partial charge on any atom is -0.324 e. The number of benzene rings is 2. The molecule has 11 heteroatoms. The van der Waals surface area contributed by atoms with Crippen LogP contribution in [0.2, 0.25) is 20.1 Å². The summed E-state index contributed by atoms with van der Waals surface area (Å²) in [6.45, 7) is 1.52. The highest BCUT2D eigenvalue weighted by atomic mass is 35.5. The van der Waals surface area contributed by atoms with Crippen molar-refractivity contribution in [2.45, 2.75) is 4.90 Å². The lowest BCUT2D eigenvalue weighted by atomic mass is 10.3. The van der Waals surface area contributed by atoms with Gasteiger partial charge in [-0.2, -0.15) is 4.31 Å². The van der Waals surface area contributed by atoms with Crippen molar-refractivity contribution in [2.75, 3.05) is 38.0 Å². The Bertz CT molecular complexity index is 1010. The van der Waals surface area contributed by atoms with Crippen LogP contribution in [-0.2, 0) is 14.8 Å². The van der Waals surface area contributed by atoms with Crippen LogP contribution in [0, 0.1) is 0 Å². The van der Waals surface area contributed by atoms with Crippen LogP contribution < -0.4 is 5.32 Å². The number of rotatable bonds is 5. The Morgan fingerprint density at radius 3 is 2.10 bits per heavy atom. The first-order valence-electron chi connectivity index (χ1n) is 8.59. The van der Waals surface area contributed by atoms with Gasteiger partial charge in [0.1, 0.15) is 0 Å². The van der Waals surface area contributed by atoms with E-state index in [2.05, 4.69) is 5.32 Å². The number of nitrogens with zero attached hydrogens (tertiary/aromatic N) is 2. The molecule has 29 heavy (non-hydrogen) atoms. The highest BCUT2D eigenvalue weighted by Gasteiger charge is 2.29. The molecule has 0 saturated carbocycles. The quantitative estimate of drug-likeness (QED) is 0.628. The molecular formula is C18H17Cl4N3O3S. The summed E-state index contributed by atoms with van der Waals surface area (Å²) in [7, 11) is -3.59. The molecule has 6 nitrogen and oxygen atoms in total. The molecular weight excluding hydrogens is 480 g/mol. The summed E-state index contributed by atoms with van der Waals surface area (Å²) in [5.41, 5.74) is 0.370. The van der Waals surface area contributed by atoms with Gasteiger partial charge in [-0.25, -0.2) is 8.42 Å². The molecule has 0 aliphatic carbocycles. The van der Waals surface area contributed by atoms with E-state index in [1.54, 1.807) is 12.1 Å². The van der Waals surface area contributed by atoms with Crippen LogP contribution >= 0.6 is 46.4 Å². The fraction of sp³-hybridized carbons (Fsp3) is 0.278. The molecule has 3 rings (SSSR count). The zero-order chi connectivity index (χ0) is 21.2.